The number of nitro groups is 1. The zero-order chi connectivity index (χ0) is 25.3. The van der Waals surface area contributed by atoms with Crippen LogP contribution in [0.1, 0.15) is 29.3 Å². The maximum absolute atomic E-state index is 13.1. The van der Waals surface area contributed by atoms with E-state index in [4.69, 9.17) is 4.74 Å². The summed E-state index contributed by atoms with van der Waals surface area (Å²) in [7, 11) is 1.21. The number of amides is 1. The van der Waals surface area contributed by atoms with Crippen LogP contribution < -0.4 is 10.6 Å². The third kappa shape index (κ3) is 7.29. The Morgan fingerprint density at radius 1 is 1.09 bits per heavy atom. The number of ether oxygens (including phenoxy) is 2. The molecule has 0 aliphatic carbocycles. The number of nitrogens with zero attached hydrogens (tertiary/aromatic N) is 1. The highest BCUT2D eigenvalue weighted by molar-refractivity contribution is 6.07. The Kier molecular flexibility index (Phi) is 9.06. The third-order valence-corrected chi connectivity index (χ3v) is 4.62. The standard InChI is InChI=1S/C22H23N3O9/c1-13(21(29)33-2)23-17-6-4-3-5-16(17)20(28)18(11-19(26)27)24-22(30)34-12-14-7-9-15(10-8-14)25(31)32/h3-10,13,18,23H,11-12H2,1-2H3,(H,24,30)(H,26,27)/t13?,18-/m0/s1. The highest BCUT2D eigenvalue weighted by atomic mass is 16.6. The number of anilines is 1. The number of non-ortho nitro benzene ring substituents is 1. The summed E-state index contributed by atoms with van der Waals surface area (Å²) in [5, 5.41) is 25.0. The molecular formula is C22H23N3O9. The molecule has 2 aromatic carbocycles. The van der Waals surface area contributed by atoms with E-state index in [0.717, 1.165) is 0 Å². The fraction of sp³-hybridized carbons (Fsp3) is 0.273. The van der Waals surface area contributed by atoms with Gasteiger partial charge in [0.1, 0.15) is 18.7 Å². The lowest BCUT2D eigenvalue weighted by atomic mass is 9.99. The number of aliphatic carboxylic acids is 1. The number of alkyl carbamates (subject to hydrolysis) is 1. The van der Waals surface area contributed by atoms with Gasteiger partial charge in [0.05, 0.1) is 18.5 Å². The Morgan fingerprint density at radius 3 is 2.32 bits per heavy atom. The summed E-state index contributed by atoms with van der Waals surface area (Å²) >= 11 is 0. The lowest BCUT2D eigenvalue weighted by Gasteiger charge is -2.20. The van der Waals surface area contributed by atoms with Gasteiger partial charge in [-0.1, -0.05) is 12.1 Å². The molecule has 2 aromatic rings. The van der Waals surface area contributed by atoms with Crippen LogP contribution in [0.15, 0.2) is 48.5 Å². The summed E-state index contributed by atoms with van der Waals surface area (Å²) in [6, 6.07) is 9.14. The molecule has 2 atom stereocenters. The fourth-order valence-corrected chi connectivity index (χ4v) is 2.91. The molecule has 180 valence electrons. The topological polar surface area (TPSA) is 174 Å². The molecule has 0 fully saturated rings. The molecule has 0 saturated carbocycles. The van der Waals surface area contributed by atoms with Gasteiger partial charge in [0.2, 0.25) is 0 Å². The number of methoxy groups -OCH3 is 1. The highest BCUT2D eigenvalue weighted by Crippen LogP contribution is 2.20. The van der Waals surface area contributed by atoms with E-state index in [1.54, 1.807) is 12.1 Å². The Hall–Kier alpha value is -4.48. The molecule has 0 aromatic heterocycles. The number of esters is 1. The molecule has 0 aliphatic rings. The van der Waals surface area contributed by atoms with Crippen LogP contribution in [0.2, 0.25) is 0 Å². The van der Waals surface area contributed by atoms with Crippen LogP contribution in [0.25, 0.3) is 0 Å². The first-order chi connectivity index (χ1) is 16.1. The van der Waals surface area contributed by atoms with Gasteiger partial charge in [-0.05, 0) is 36.8 Å². The van der Waals surface area contributed by atoms with E-state index in [1.807, 2.05) is 0 Å². The summed E-state index contributed by atoms with van der Waals surface area (Å²) in [5.41, 5.74) is 0.629. The zero-order valence-corrected chi connectivity index (χ0v) is 18.3. The second-order valence-corrected chi connectivity index (χ2v) is 7.09. The molecule has 1 amide bonds. The lowest BCUT2D eigenvalue weighted by molar-refractivity contribution is -0.384. The largest absolute Gasteiger partial charge is 0.481 e. The molecule has 0 heterocycles. The van der Waals surface area contributed by atoms with Crippen molar-refractivity contribution in [3.8, 4) is 0 Å². The third-order valence-electron chi connectivity index (χ3n) is 4.62. The Morgan fingerprint density at radius 2 is 1.74 bits per heavy atom. The summed E-state index contributed by atoms with van der Waals surface area (Å²) < 4.78 is 9.67. The van der Waals surface area contributed by atoms with Gasteiger partial charge in [-0.3, -0.25) is 19.7 Å². The van der Waals surface area contributed by atoms with Crippen LogP contribution in [0.4, 0.5) is 16.2 Å². The van der Waals surface area contributed by atoms with Crippen molar-refractivity contribution in [2.75, 3.05) is 12.4 Å². The number of benzene rings is 2. The average molecular weight is 473 g/mol. The maximum Gasteiger partial charge on any atom is 0.408 e. The number of ketones is 1. The number of Topliss-reactive ketones (excluding diaryl/α,β-unsaturated/α-hetero) is 1. The number of rotatable bonds is 11. The fourth-order valence-electron chi connectivity index (χ4n) is 2.91. The van der Waals surface area contributed by atoms with Gasteiger partial charge in [-0.15, -0.1) is 0 Å². The summed E-state index contributed by atoms with van der Waals surface area (Å²) in [5.74, 6) is -2.62. The summed E-state index contributed by atoms with van der Waals surface area (Å²) in [4.78, 5) is 58.5. The van der Waals surface area contributed by atoms with Crippen molar-refractivity contribution in [3.63, 3.8) is 0 Å². The van der Waals surface area contributed by atoms with Gasteiger partial charge >= 0.3 is 18.0 Å². The van der Waals surface area contributed by atoms with Gasteiger partial charge in [0, 0.05) is 23.4 Å². The van der Waals surface area contributed by atoms with E-state index in [0.29, 0.717) is 5.56 Å². The van der Waals surface area contributed by atoms with Crippen molar-refractivity contribution >= 4 is 35.2 Å². The van der Waals surface area contributed by atoms with Crippen molar-refractivity contribution < 1.29 is 38.7 Å². The predicted molar refractivity (Wildman–Crippen MR) is 118 cm³/mol. The molecule has 0 bridgehead atoms. The van der Waals surface area contributed by atoms with Gasteiger partial charge in [0.15, 0.2) is 5.78 Å². The average Bonchev–Trinajstić information content (AvgIpc) is 2.81. The number of nitrogens with one attached hydrogen (secondary N) is 2. The minimum Gasteiger partial charge on any atom is -0.481 e. The molecule has 3 N–H and O–H groups in total. The van der Waals surface area contributed by atoms with Gasteiger partial charge in [-0.25, -0.2) is 9.59 Å². The van der Waals surface area contributed by atoms with E-state index in [9.17, 15) is 34.4 Å². The highest BCUT2D eigenvalue weighted by Gasteiger charge is 2.28. The number of carboxylic acid groups (broad SMARTS) is 1. The van der Waals surface area contributed by atoms with Crippen LogP contribution in [0.3, 0.4) is 0 Å². The number of carboxylic acids is 1. The quantitative estimate of drug-likeness (QED) is 0.190. The van der Waals surface area contributed by atoms with Crippen LogP contribution in [0, 0.1) is 10.1 Å². The van der Waals surface area contributed by atoms with Gasteiger partial charge in [0.25, 0.3) is 5.69 Å². The number of carbonyl (C=O) groups is 4. The second kappa shape index (κ2) is 11.9. The van der Waals surface area contributed by atoms with Crippen molar-refractivity contribution in [2.45, 2.75) is 32.0 Å². The predicted octanol–water partition coefficient (Wildman–Crippen LogP) is 2.52. The SMILES string of the molecule is COC(=O)C(C)Nc1ccccc1C(=O)[C@H](CC(=O)O)NC(=O)OCc1ccc([N+](=O)[O-])cc1. The minimum atomic E-state index is -1.46. The molecule has 0 saturated heterocycles. The molecule has 2 rings (SSSR count). The molecule has 0 spiro atoms. The van der Waals surface area contributed by atoms with E-state index in [1.165, 1.54) is 50.4 Å². The van der Waals surface area contributed by atoms with Gasteiger partial charge < -0.3 is 25.2 Å². The zero-order valence-electron chi connectivity index (χ0n) is 18.3. The van der Waals surface area contributed by atoms with Crippen molar-refractivity contribution in [2.24, 2.45) is 0 Å². The van der Waals surface area contributed by atoms with Gasteiger partial charge in [-0.2, -0.15) is 0 Å². The first kappa shape index (κ1) is 25.8. The first-order valence-electron chi connectivity index (χ1n) is 9.98. The van der Waals surface area contributed by atoms with E-state index >= 15 is 0 Å². The lowest BCUT2D eigenvalue weighted by Crippen LogP contribution is -2.43. The van der Waals surface area contributed by atoms with Crippen LogP contribution in [-0.2, 0) is 25.7 Å². The summed E-state index contributed by atoms with van der Waals surface area (Å²) in [6.45, 7) is 1.27. The van der Waals surface area contributed by atoms with E-state index < -0.39 is 47.2 Å². The Balaban J connectivity index is 2.12. The maximum atomic E-state index is 13.1. The van der Waals surface area contributed by atoms with Crippen LogP contribution in [-0.4, -0.2) is 53.0 Å². The Labute approximate surface area is 194 Å². The minimum absolute atomic E-state index is 0.0557. The van der Waals surface area contributed by atoms with Crippen LogP contribution in [0.5, 0.6) is 0 Å². The molecule has 1 unspecified atom stereocenters. The number of para-hydroxylation sites is 1. The van der Waals surface area contributed by atoms with E-state index in [2.05, 4.69) is 15.4 Å². The smallest absolute Gasteiger partial charge is 0.408 e. The number of carbonyl (C=O) groups excluding carboxylic acids is 3. The van der Waals surface area contributed by atoms with Crippen molar-refractivity contribution in [1.29, 1.82) is 0 Å². The monoisotopic (exact) mass is 473 g/mol. The summed E-state index contributed by atoms with van der Waals surface area (Å²) in [6.07, 6.45) is -1.77. The number of hydrogen-bond donors (Lipinski definition) is 3. The number of hydrogen-bond acceptors (Lipinski definition) is 9. The normalized spacial score (nSPS) is 12.1. The molecule has 12 nitrogen and oxygen atoms in total. The molecule has 12 heteroatoms. The molecule has 0 radical (unpaired) electrons. The van der Waals surface area contributed by atoms with Crippen LogP contribution >= 0.6 is 0 Å². The van der Waals surface area contributed by atoms with Crippen molar-refractivity contribution in [3.05, 3.63) is 69.8 Å². The molecular weight excluding hydrogens is 450 g/mol. The first-order valence-corrected chi connectivity index (χ1v) is 9.98. The number of nitro benzene ring substituents is 1. The molecule has 0 aliphatic heterocycles. The van der Waals surface area contributed by atoms with E-state index in [-0.39, 0.29) is 23.5 Å². The second-order valence-electron chi connectivity index (χ2n) is 7.09. The van der Waals surface area contributed by atoms with Crippen molar-refractivity contribution in [1.82, 2.24) is 5.32 Å². The molecule has 34 heavy (non-hydrogen) atoms. The Bertz CT molecular complexity index is 1070.